The third-order valence-electron chi connectivity index (χ3n) is 7.81. The van der Waals surface area contributed by atoms with Crippen LogP contribution >= 0.6 is 0 Å². The van der Waals surface area contributed by atoms with Crippen molar-refractivity contribution in [1.29, 1.82) is 0 Å². The highest BCUT2D eigenvalue weighted by Gasteiger charge is 2.22. The second-order valence-corrected chi connectivity index (χ2v) is 10.8. The number of carbonyl (C=O) groups excluding carboxylic acids is 1. The lowest BCUT2D eigenvalue weighted by Crippen LogP contribution is -2.44. The second-order valence-electron chi connectivity index (χ2n) is 10.8. The van der Waals surface area contributed by atoms with Crippen molar-refractivity contribution in [3.63, 3.8) is 0 Å². The standard InChI is InChI=1S/C28H42N8O4/c1-34-10-12-36(13-11-34)23-6-2-22(3-7-23)31-27-26(28(38)33-40-19-16-35-14-17-39-18-15-35)29-20-25(32-27)30-21-4-8-24(37)9-5-21/h2-3,6-7,20-21,24,37H,4-5,8-19H2,1H3,(H,33,38)(H2,30,31,32)/t21-,24-. The van der Waals surface area contributed by atoms with Gasteiger partial charge in [0.25, 0.3) is 5.91 Å². The maximum atomic E-state index is 13.1. The van der Waals surface area contributed by atoms with Gasteiger partial charge < -0.3 is 30.3 Å². The minimum absolute atomic E-state index is 0.152. The van der Waals surface area contributed by atoms with E-state index in [1.807, 2.05) is 12.1 Å². The molecule has 5 rings (SSSR count). The van der Waals surface area contributed by atoms with Crippen molar-refractivity contribution in [1.82, 2.24) is 25.2 Å². The zero-order valence-electron chi connectivity index (χ0n) is 23.3. The van der Waals surface area contributed by atoms with Crippen LogP contribution < -0.4 is 21.0 Å². The van der Waals surface area contributed by atoms with Crippen LogP contribution in [-0.4, -0.2) is 116 Å². The minimum Gasteiger partial charge on any atom is -0.393 e. The smallest absolute Gasteiger partial charge is 0.297 e. The highest BCUT2D eigenvalue weighted by molar-refractivity contribution is 5.97. The molecular formula is C28H42N8O4. The number of piperazine rings is 1. The topological polar surface area (TPSA) is 127 Å². The Morgan fingerprint density at radius 1 is 1.05 bits per heavy atom. The van der Waals surface area contributed by atoms with Gasteiger partial charge in [-0.3, -0.25) is 14.5 Å². The van der Waals surface area contributed by atoms with Gasteiger partial charge in [-0.15, -0.1) is 0 Å². The highest BCUT2D eigenvalue weighted by Crippen LogP contribution is 2.25. The van der Waals surface area contributed by atoms with Crippen LogP contribution in [0.2, 0.25) is 0 Å². The Morgan fingerprint density at radius 2 is 1.77 bits per heavy atom. The van der Waals surface area contributed by atoms with Gasteiger partial charge >= 0.3 is 0 Å². The van der Waals surface area contributed by atoms with Crippen LogP contribution in [-0.2, 0) is 9.57 Å². The van der Waals surface area contributed by atoms with Crippen LogP contribution in [0.15, 0.2) is 30.5 Å². The largest absolute Gasteiger partial charge is 0.393 e. The number of morpholine rings is 1. The van der Waals surface area contributed by atoms with E-state index in [-0.39, 0.29) is 17.8 Å². The van der Waals surface area contributed by atoms with Gasteiger partial charge in [-0.1, -0.05) is 0 Å². The molecule has 1 amide bonds. The van der Waals surface area contributed by atoms with Crippen LogP contribution in [0.4, 0.5) is 23.0 Å². The summed E-state index contributed by atoms with van der Waals surface area (Å²) in [5.74, 6) is 0.476. The van der Waals surface area contributed by atoms with Crippen LogP contribution in [0.1, 0.15) is 36.2 Å². The predicted octanol–water partition coefficient (Wildman–Crippen LogP) is 1.68. The van der Waals surface area contributed by atoms with Gasteiger partial charge in [-0.2, -0.15) is 0 Å². The lowest BCUT2D eigenvalue weighted by atomic mass is 9.93. The molecule has 3 aliphatic rings. The average molecular weight is 555 g/mol. The normalized spacial score (nSPS) is 22.6. The summed E-state index contributed by atoms with van der Waals surface area (Å²) < 4.78 is 5.37. The van der Waals surface area contributed by atoms with Crippen molar-refractivity contribution in [2.45, 2.75) is 37.8 Å². The summed E-state index contributed by atoms with van der Waals surface area (Å²) >= 11 is 0. The molecule has 1 aromatic carbocycles. The summed E-state index contributed by atoms with van der Waals surface area (Å²) in [6.07, 6.45) is 4.59. The SMILES string of the molecule is CN1CCN(c2ccc(Nc3nc(N[C@H]4CC[C@H](O)CC4)cnc3C(=O)NOCCN3CCOCC3)cc2)CC1. The highest BCUT2D eigenvalue weighted by atomic mass is 16.7. The summed E-state index contributed by atoms with van der Waals surface area (Å²) in [5, 5.41) is 16.6. The molecule has 218 valence electrons. The van der Waals surface area contributed by atoms with E-state index in [1.54, 1.807) is 6.20 Å². The van der Waals surface area contributed by atoms with Gasteiger partial charge in [0.1, 0.15) is 5.82 Å². The molecule has 2 saturated heterocycles. The number of aromatic nitrogens is 2. The number of amides is 1. The van der Waals surface area contributed by atoms with Gasteiger partial charge in [-0.25, -0.2) is 15.4 Å². The number of nitrogens with zero attached hydrogens (tertiary/aromatic N) is 5. The number of likely N-dealkylation sites (N-methyl/N-ethyl adjacent to an activating group) is 1. The average Bonchev–Trinajstić information content (AvgIpc) is 2.98. The van der Waals surface area contributed by atoms with Crippen LogP contribution in [0.3, 0.4) is 0 Å². The molecule has 3 heterocycles. The van der Waals surface area contributed by atoms with E-state index in [9.17, 15) is 9.90 Å². The Hall–Kier alpha value is -3.03. The number of ether oxygens (including phenoxy) is 1. The molecule has 3 fully saturated rings. The Bertz CT molecular complexity index is 1080. The quantitative estimate of drug-likeness (QED) is 0.253. The number of rotatable bonds is 10. The Kier molecular flexibility index (Phi) is 10.0. The Balaban J connectivity index is 1.24. The van der Waals surface area contributed by atoms with E-state index in [4.69, 9.17) is 14.6 Å². The Labute approximate surface area is 236 Å². The molecule has 40 heavy (non-hydrogen) atoms. The molecule has 0 spiro atoms. The summed E-state index contributed by atoms with van der Waals surface area (Å²) in [7, 11) is 2.15. The fourth-order valence-corrected chi connectivity index (χ4v) is 5.26. The third-order valence-corrected chi connectivity index (χ3v) is 7.81. The van der Waals surface area contributed by atoms with E-state index in [0.717, 1.165) is 83.9 Å². The van der Waals surface area contributed by atoms with Gasteiger partial charge in [0, 0.05) is 63.2 Å². The molecule has 1 aliphatic carbocycles. The van der Waals surface area contributed by atoms with Crippen molar-refractivity contribution in [3.05, 3.63) is 36.2 Å². The molecule has 4 N–H and O–H groups in total. The summed E-state index contributed by atoms with van der Waals surface area (Å²) in [6.45, 7) is 8.31. The number of nitrogens with one attached hydrogen (secondary N) is 3. The minimum atomic E-state index is -0.460. The number of aliphatic hydroxyl groups is 1. The second kappa shape index (κ2) is 14.0. The number of benzene rings is 1. The third kappa shape index (κ3) is 8.01. The number of aliphatic hydroxyl groups excluding tert-OH is 1. The molecule has 0 radical (unpaired) electrons. The molecular weight excluding hydrogens is 512 g/mol. The van der Waals surface area contributed by atoms with Crippen LogP contribution in [0, 0.1) is 0 Å². The first-order valence-corrected chi connectivity index (χ1v) is 14.4. The lowest BCUT2D eigenvalue weighted by Gasteiger charge is -2.34. The molecule has 0 unspecified atom stereocenters. The molecule has 0 bridgehead atoms. The van der Waals surface area contributed by atoms with E-state index in [0.29, 0.717) is 24.8 Å². The maximum absolute atomic E-state index is 13.1. The molecule has 2 aliphatic heterocycles. The maximum Gasteiger partial charge on any atom is 0.297 e. The van der Waals surface area contributed by atoms with Crippen LogP contribution in [0.5, 0.6) is 0 Å². The van der Waals surface area contributed by atoms with Crippen molar-refractivity contribution >= 4 is 28.9 Å². The molecule has 1 aromatic heterocycles. The van der Waals surface area contributed by atoms with E-state index < -0.39 is 5.91 Å². The Morgan fingerprint density at radius 3 is 2.50 bits per heavy atom. The molecule has 1 saturated carbocycles. The molecule has 0 atom stereocenters. The number of carbonyl (C=O) groups is 1. The van der Waals surface area contributed by atoms with Crippen molar-refractivity contribution in [3.8, 4) is 0 Å². The van der Waals surface area contributed by atoms with Crippen molar-refractivity contribution in [2.75, 3.05) is 88.2 Å². The molecule has 12 heteroatoms. The number of hydrogen-bond donors (Lipinski definition) is 4. The molecule has 12 nitrogen and oxygen atoms in total. The van der Waals surface area contributed by atoms with Gasteiger partial charge in [0.15, 0.2) is 11.5 Å². The first-order chi connectivity index (χ1) is 19.5. The molecule has 2 aromatic rings. The lowest BCUT2D eigenvalue weighted by molar-refractivity contribution is -0.00192. The fraction of sp³-hybridized carbons (Fsp3) is 0.607. The number of hydrogen-bond acceptors (Lipinski definition) is 11. The van der Waals surface area contributed by atoms with Gasteiger partial charge in [0.2, 0.25) is 0 Å². The summed E-state index contributed by atoms with van der Waals surface area (Å²) in [6, 6.07) is 8.38. The predicted molar refractivity (Wildman–Crippen MR) is 154 cm³/mol. The zero-order chi connectivity index (χ0) is 27.7. The number of hydroxylamine groups is 1. The van der Waals surface area contributed by atoms with E-state index >= 15 is 0 Å². The van der Waals surface area contributed by atoms with Crippen molar-refractivity contribution in [2.24, 2.45) is 0 Å². The van der Waals surface area contributed by atoms with Crippen molar-refractivity contribution < 1.29 is 19.5 Å². The summed E-state index contributed by atoms with van der Waals surface area (Å²) in [4.78, 5) is 34.7. The van der Waals surface area contributed by atoms with Crippen LogP contribution in [0.25, 0.3) is 0 Å². The summed E-state index contributed by atoms with van der Waals surface area (Å²) in [5.41, 5.74) is 4.66. The number of anilines is 4. The first-order valence-electron chi connectivity index (χ1n) is 14.4. The van der Waals surface area contributed by atoms with E-state index in [1.165, 1.54) is 5.69 Å². The fourth-order valence-electron chi connectivity index (χ4n) is 5.26. The monoisotopic (exact) mass is 554 g/mol. The van der Waals surface area contributed by atoms with E-state index in [2.05, 4.69) is 55.0 Å². The van der Waals surface area contributed by atoms with Gasteiger partial charge in [-0.05, 0) is 57.0 Å². The first kappa shape index (κ1) is 28.5. The zero-order valence-corrected chi connectivity index (χ0v) is 23.3. The van der Waals surface area contributed by atoms with Gasteiger partial charge in [0.05, 0.1) is 32.1 Å².